The van der Waals surface area contributed by atoms with Crippen molar-refractivity contribution in [3.8, 4) is 0 Å². The lowest BCUT2D eigenvalue weighted by molar-refractivity contribution is 0.0903. The van der Waals surface area contributed by atoms with Crippen LogP contribution in [0.15, 0.2) is 73.1 Å². The Labute approximate surface area is 243 Å². The monoisotopic (exact) mass is 551 g/mol. The number of hydrogen-bond donors (Lipinski definition) is 1. The van der Waals surface area contributed by atoms with Crippen LogP contribution in [0.5, 0.6) is 0 Å². The van der Waals surface area contributed by atoms with Gasteiger partial charge < -0.3 is 14.6 Å². The SMILES string of the molecule is CN1CCN(Cc2cccc(CN3CCC(c4cnc5c(ccn5Cc5ccc(C(=O)CO)cc5)c4)CC3)c2)CC1. The molecule has 0 aliphatic carbocycles. The smallest absolute Gasteiger partial charge is 0.188 e. The summed E-state index contributed by atoms with van der Waals surface area (Å²) in [4.78, 5) is 24.2. The van der Waals surface area contributed by atoms with Crippen LogP contribution in [-0.2, 0) is 19.6 Å². The second-order valence-corrected chi connectivity index (χ2v) is 11.9. The van der Waals surface area contributed by atoms with Crippen molar-refractivity contribution in [1.29, 1.82) is 0 Å². The number of piperazine rings is 1. The molecule has 0 bridgehead atoms. The highest BCUT2D eigenvalue weighted by molar-refractivity contribution is 5.96. The first kappa shape index (κ1) is 27.8. The second kappa shape index (κ2) is 12.7. The van der Waals surface area contributed by atoms with Gasteiger partial charge in [-0.05, 0) is 73.3 Å². The molecule has 6 rings (SSSR count). The van der Waals surface area contributed by atoms with Gasteiger partial charge in [0.15, 0.2) is 5.78 Å². The molecule has 1 N–H and O–H groups in total. The van der Waals surface area contributed by atoms with E-state index in [0.717, 1.165) is 76.4 Å². The molecule has 2 saturated heterocycles. The van der Waals surface area contributed by atoms with E-state index in [2.05, 4.69) is 75.1 Å². The molecule has 2 aromatic carbocycles. The van der Waals surface area contributed by atoms with Crippen LogP contribution in [0.1, 0.15) is 51.4 Å². The average molecular weight is 552 g/mol. The van der Waals surface area contributed by atoms with Crippen molar-refractivity contribution in [2.24, 2.45) is 0 Å². The van der Waals surface area contributed by atoms with Gasteiger partial charge in [-0.1, -0.05) is 48.5 Å². The van der Waals surface area contributed by atoms with Crippen molar-refractivity contribution in [3.05, 3.63) is 101 Å². The number of aromatic nitrogens is 2. The maximum atomic E-state index is 11.7. The van der Waals surface area contributed by atoms with Gasteiger partial charge in [-0.25, -0.2) is 4.98 Å². The van der Waals surface area contributed by atoms with E-state index in [0.29, 0.717) is 18.0 Å². The predicted molar refractivity (Wildman–Crippen MR) is 163 cm³/mol. The highest BCUT2D eigenvalue weighted by Gasteiger charge is 2.22. The summed E-state index contributed by atoms with van der Waals surface area (Å²) in [5, 5.41) is 10.2. The van der Waals surface area contributed by atoms with E-state index in [1.807, 2.05) is 12.1 Å². The van der Waals surface area contributed by atoms with Crippen molar-refractivity contribution in [1.82, 2.24) is 24.3 Å². The zero-order valence-electron chi connectivity index (χ0n) is 24.1. The second-order valence-electron chi connectivity index (χ2n) is 11.9. The molecule has 2 fully saturated rings. The maximum absolute atomic E-state index is 11.7. The van der Waals surface area contributed by atoms with Crippen LogP contribution in [-0.4, -0.2) is 88.1 Å². The molecule has 4 aromatic rings. The van der Waals surface area contributed by atoms with Crippen molar-refractivity contribution in [2.75, 3.05) is 52.9 Å². The van der Waals surface area contributed by atoms with E-state index in [1.54, 1.807) is 12.1 Å². The summed E-state index contributed by atoms with van der Waals surface area (Å²) in [5.41, 5.74) is 6.82. The number of nitrogens with zero attached hydrogens (tertiary/aromatic N) is 5. The van der Waals surface area contributed by atoms with E-state index in [-0.39, 0.29) is 5.78 Å². The Bertz CT molecular complexity index is 1460. The van der Waals surface area contributed by atoms with E-state index in [9.17, 15) is 4.79 Å². The van der Waals surface area contributed by atoms with Gasteiger partial charge in [-0.15, -0.1) is 0 Å². The number of aliphatic hydroxyl groups excluding tert-OH is 1. The molecule has 2 aromatic heterocycles. The first-order valence-electron chi connectivity index (χ1n) is 14.9. The van der Waals surface area contributed by atoms with Crippen LogP contribution in [0, 0.1) is 0 Å². The van der Waals surface area contributed by atoms with E-state index in [1.165, 1.54) is 22.1 Å². The van der Waals surface area contributed by atoms with Gasteiger partial charge in [0, 0.05) is 69.2 Å². The summed E-state index contributed by atoms with van der Waals surface area (Å²) >= 11 is 0. The van der Waals surface area contributed by atoms with Crippen LogP contribution in [0.3, 0.4) is 0 Å². The van der Waals surface area contributed by atoms with Gasteiger partial charge >= 0.3 is 0 Å². The fraction of sp³-hybridized carbons (Fsp3) is 0.412. The zero-order chi connectivity index (χ0) is 28.2. The third-order valence-electron chi connectivity index (χ3n) is 8.85. The van der Waals surface area contributed by atoms with Crippen LogP contribution >= 0.6 is 0 Å². The molecule has 0 saturated carbocycles. The molecule has 214 valence electrons. The number of rotatable bonds is 9. The van der Waals surface area contributed by atoms with Gasteiger partial charge in [-0.3, -0.25) is 14.6 Å². The first-order chi connectivity index (χ1) is 20.0. The predicted octanol–water partition coefficient (Wildman–Crippen LogP) is 4.39. The molecule has 0 radical (unpaired) electrons. The highest BCUT2D eigenvalue weighted by atomic mass is 16.3. The molecule has 2 aliphatic rings. The van der Waals surface area contributed by atoms with Gasteiger partial charge in [0.1, 0.15) is 12.3 Å². The normalized spacial score (nSPS) is 17.8. The van der Waals surface area contributed by atoms with Crippen molar-refractivity contribution in [3.63, 3.8) is 0 Å². The van der Waals surface area contributed by atoms with Gasteiger partial charge in [0.2, 0.25) is 0 Å². The molecular formula is C34H41N5O2. The zero-order valence-corrected chi connectivity index (χ0v) is 24.1. The van der Waals surface area contributed by atoms with Gasteiger partial charge in [0.25, 0.3) is 0 Å². The minimum Gasteiger partial charge on any atom is -0.388 e. The number of carbonyl (C=O) groups excluding carboxylic acids is 1. The van der Waals surface area contributed by atoms with Crippen LogP contribution < -0.4 is 0 Å². The molecule has 4 heterocycles. The largest absolute Gasteiger partial charge is 0.388 e. The number of pyridine rings is 1. The molecule has 0 atom stereocenters. The highest BCUT2D eigenvalue weighted by Crippen LogP contribution is 2.30. The van der Waals surface area contributed by atoms with Crippen molar-refractivity contribution >= 4 is 16.8 Å². The Balaban J connectivity index is 1.03. The van der Waals surface area contributed by atoms with E-state index in [4.69, 9.17) is 10.1 Å². The molecule has 0 unspecified atom stereocenters. The third-order valence-corrected chi connectivity index (χ3v) is 8.85. The third kappa shape index (κ3) is 6.76. The first-order valence-corrected chi connectivity index (χ1v) is 14.9. The summed E-state index contributed by atoms with van der Waals surface area (Å²) in [6, 6.07) is 21.1. The summed E-state index contributed by atoms with van der Waals surface area (Å²) in [5.74, 6) is 0.292. The summed E-state index contributed by atoms with van der Waals surface area (Å²) < 4.78 is 2.16. The molecule has 0 spiro atoms. The molecular weight excluding hydrogens is 510 g/mol. The molecule has 2 aliphatic heterocycles. The lowest BCUT2D eigenvalue weighted by Crippen LogP contribution is -2.43. The van der Waals surface area contributed by atoms with E-state index < -0.39 is 6.61 Å². The number of piperidine rings is 1. The quantitative estimate of drug-likeness (QED) is 0.312. The Hall–Kier alpha value is -3.36. The number of aliphatic hydroxyl groups is 1. The van der Waals surface area contributed by atoms with Crippen LogP contribution in [0.2, 0.25) is 0 Å². The number of fused-ring (bicyclic) bond motifs is 1. The number of likely N-dealkylation sites (tertiary alicyclic amines) is 1. The lowest BCUT2D eigenvalue weighted by atomic mass is 9.90. The fourth-order valence-electron chi connectivity index (χ4n) is 6.30. The minimum absolute atomic E-state index is 0.256. The number of Topliss-reactive ketones (excluding diaryl/α,β-unsaturated/α-hetero) is 1. The number of hydrogen-bond acceptors (Lipinski definition) is 6. The van der Waals surface area contributed by atoms with Gasteiger partial charge in [-0.2, -0.15) is 0 Å². The number of ketones is 1. The summed E-state index contributed by atoms with van der Waals surface area (Å²) in [7, 11) is 2.21. The van der Waals surface area contributed by atoms with Crippen LogP contribution in [0.25, 0.3) is 11.0 Å². The lowest BCUT2D eigenvalue weighted by Gasteiger charge is -2.33. The molecule has 0 amide bonds. The Morgan fingerprint density at radius 1 is 0.829 bits per heavy atom. The molecule has 7 nitrogen and oxygen atoms in total. The van der Waals surface area contributed by atoms with Crippen LogP contribution in [0.4, 0.5) is 0 Å². The Morgan fingerprint density at radius 3 is 2.20 bits per heavy atom. The minimum atomic E-state index is -0.460. The number of likely N-dealkylation sites (N-methyl/N-ethyl adjacent to an activating group) is 1. The fourth-order valence-corrected chi connectivity index (χ4v) is 6.30. The molecule has 7 heteroatoms. The van der Waals surface area contributed by atoms with Gasteiger partial charge in [0.05, 0.1) is 0 Å². The van der Waals surface area contributed by atoms with E-state index >= 15 is 0 Å². The average Bonchev–Trinajstić information content (AvgIpc) is 3.40. The maximum Gasteiger partial charge on any atom is 0.188 e. The standard InChI is InChI=1S/C34H41N5O2/c1-36-15-17-38(18-16-36)23-28-4-2-3-27(19-28)22-37-12-9-29(10-13-37)32-20-31-11-14-39(34(31)35-21-32)24-26-5-7-30(8-6-26)33(41)25-40/h2-8,11,14,19-21,29,40H,9-10,12-13,15-18,22-25H2,1H3. The Kier molecular flexibility index (Phi) is 8.58. The summed E-state index contributed by atoms with van der Waals surface area (Å²) in [6.07, 6.45) is 6.49. The number of carbonyl (C=O) groups is 1. The topological polar surface area (TPSA) is 64.8 Å². The number of benzene rings is 2. The van der Waals surface area contributed by atoms with Crippen molar-refractivity contribution in [2.45, 2.75) is 38.4 Å². The summed E-state index contributed by atoms with van der Waals surface area (Å²) in [6.45, 7) is 9.17. The Morgan fingerprint density at radius 2 is 1.51 bits per heavy atom. The van der Waals surface area contributed by atoms with Crippen molar-refractivity contribution < 1.29 is 9.90 Å². The molecule has 41 heavy (non-hydrogen) atoms.